The number of anilines is 1. The molecule has 1 aliphatic rings. The summed E-state index contributed by atoms with van der Waals surface area (Å²) in [5.74, 6) is 0.989. The molecule has 3 aromatic rings. The van der Waals surface area contributed by atoms with Gasteiger partial charge in [-0.05, 0) is 30.7 Å². The highest BCUT2D eigenvalue weighted by atomic mass is 79.9. The molecule has 1 aliphatic heterocycles. The summed E-state index contributed by atoms with van der Waals surface area (Å²) in [6.07, 6.45) is 0.936. The van der Waals surface area contributed by atoms with Gasteiger partial charge in [-0.2, -0.15) is 10.4 Å². The highest BCUT2D eigenvalue weighted by Gasteiger charge is 2.24. The minimum atomic E-state index is 0.618. The van der Waals surface area contributed by atoms with Crippen molar-refractivity contribution < 1.29 is 0 Å². The van der Waals surface area contributed by atoms with Gasteiger partial charge in [0.15, 0.2) is 0 Å². The Hall–Kier alpha value is -2.58. The van der Waals surface area contributed by atoms with Crippen molar-refractivity contribution >= 4 is 21.7 Å². The van der Waals surface area contributed by atoms with Crippen molar-refractivity contribution in [1.82, 2.24) is 9.78 Å². The van der Waals surface area contributed by atoms with Crippen LogP contribution in [0.1, 0.15) is 11.1 Å². The molecule has 0 saturated carbocycles. The molecule has 2 heterocycles. The van der Waals surface area contributed by atoms with Crippen LogP contribution in [-0.2, 0) is 6.42 Å². The Balaban J connectivity index is 1.94. The van der Waals surface area contributed by atoms with Crippen molar-refractivity contribution in [3.63, 3.8) is 0 Å². The predicted molar refractivity (Wildman–Crippen MR) is 93.6 cm³/mol. The van der Waals surface area contributed by atoms with Crippen molar-refractivity contribution in [3.05, 3.63) is 64.1 Å². The molecule has 0 aliphatic carbocycles. The molecule has 1 aromatic heterocycles. The second-order valence-electron chi connectivity index (χ2n) is 5.40. The number of nitriles is 1. The summed E-state index contributed by atoms with van der Waals surface area (Å²) in [5, 5.41) is 17.6. The monoisotopic (exact) mass is 364 g/mol. The van der Waals surface area contributed by atoms with Crippen LogP contribution in [0.4, 0.5) is 5.82 Å². The molecule has 23 heavy (non-hydrogen) atoms. The van der Waals surface area contributed by atoms with E-state index < -0.39 is 0 Å². The zero-order valence-corrected chi connectivity index (χ0v) is 13.8. The molecule has 4 rings (SSSR count). The maximum atomic E-state index is 9.37. The van der Waals surface area contributed by atoms with Crippen LogP contribution in [0.2, 0.25) is 0 Å². The van der Waals surface area contributed by atoms with Gasteiger partial charge in [0, 0.05) is 22.1 Å². The van der Waals surface area contributed by atoms with Gasteiger partial charge < -0.3 is 5.32 Å². The molecule has 2 aromatic carbocycles. The zero-order valence-electron chi connectivity index (χ0n) is 12.3. The van der Waals surface area contributed by atoms with Crippen molar-refractivity contribution in [3.8, 4) is 23.0 Å². The van der Waals surface area contributed by atoms with E-state index in [1.165, 1.54) is 5.56 Å². The van der Waals surface area contributed by atoms with E-state index >= 15 is 0 Å². The average molecular weight is 365 g/mol. The van der Waals surface area contributed by atoms with Gasteiger partial charge in [-0.3, -0.25) is 0 Å². The molecule has 0 bridgehead atoms. The summed E-state index contributed by atoms with van der Waals surface area (Å²) >= 11 is 3.52. The lowest BCUT2D eigenvalue weighted by Crippen LogP contribution is -2.05. The Morgan fingerprint density at radius 3 is 2.87 bits per heavy atom. The molecule has 1 N–H and O–H groups in total. The van der Waals surface area contributed by atoms with E-state index in [-0.39, 0.29) is 0 Å². The minimum absolute atomic E-state index is 0.618. The molecule has 0 amide bonds. The lowest BCUT2D eigenvalue weighted by Gasteiger charge is -2.07. The number of para-hydroxylation sites is 1. The van der Waals surface area contributed by atoms with Gasteiger partial charge in [0.05, 0.1) is 16.9 Å². The molecular weight excluding hydrogens is 352 g/mol. The van der Waals surface area contributed by atoms with E-state index in [2.05, 4.69) is 39.4 Å². The topological polar surface area (TPSA) is 53.6 Å². The Morgan fingerprint density at radius 2 is 2.04 bits per heavy atom. The summed E-state index contributed by atoms with van der Waals surface area (Å²) in [6, 6.07) is 17.9. The van der Waals surface area contributed by atoms with E-state index in [4.69, 9.17) is 5.10 Å². The van der Waals surface area contributed by atoms with Gasteiger partial charge in [-0.25, -0.2) is 4.68 Å². The van der Waals surface area contributed by atoms with Crippen molar-refractivity contribution in [1.29, 1.82) is 5.26 Å². The summed E-state index contributed by atoms with van der Waals surface area (Å²) < 4.78 is 2.89. The SMILES string of the molecule is N#Cc1ccccc1-n1nc(-c2cccc(Br)c2)c2c1NCC2. The highest BCUT2D eigenvalue weighted by molar-refractivity contribution is 9.10. The largest absolute Gasteiger partial charge is 0.369 e. The molecule has 0 atom stereocenters. The van der Waals surface area contributed by atoms with E-state index in [1.807, 2.05) is 41.1 Å². The van der Waals surface area contributed by atoms with Crippen LogP contribution in [0.25, 0.3) is 16.9 Å². The van der Waals surface area contributed by atoms with Crippen molar-refractivity contribution in [2.75, 3.05) is 11.9 Å². The van der Waals surface area contributed by atoms with Crippen LogP contribution in [0.15, 0.2) is 53.0 Å². The number of aromatic nitrogens is 2. The van der Waals surface area contributed by atoms with Crippen LogP contribution in [0, 0.1) is 11.3 Å². The van der Waals surface area contributed by atoms with E-state index in [0.717, 1.165) is 40.2 Å². The van der Waals surface area contributed by atoms with Crippen molar-refractivity contribution in [2.45, 2.75) is 6.42 Å². The van der Waals surface area contributed by atoms with Crippen LogP contribution < -0.4 is 5.32 Å². The first-order chi connectivity index (χ1) is 11.3. The number of nitrogens with one attached hydrogen (secondary N) is 1. The molecule has 0 unspecified atom stereocenters. The second kappa shape index (κ2) is 5.56. The number of hydrogen-bond acceptors (Lipinski definition) is 3. The van der Waals surface area contributed by atoms with Gasteiger partial charge in [-0.1, -0.05) is 40.2 Å². The van der Waals surface area contributed by atoms with Crippen LogP contribution in [0.3, 0.4) is 0 Å². The highest BCUT2D eigenvalue weighted by Crippen LogP contribution is 2.35. The normalized spacial score (nSPS) is 12.5. The van der Waals surface area contributed by atoms with E-state index in [1.54, 1.807) is 0 Å². The lowest BCUT2D eigenvalue weighted by molar-refractivity contribution is 0.879. The van der Waals surface area contributed by atoms with Gasteiger partial charge >= 0.3 is 0 Å². The number of rotatable bonds is 2. The smallest absolute Gasteiger partial charge is 0.133 e. The molecule has 5 heteroatoms. The lowest BCUT2D eigenvalue weighted by atomic mass is 10.1. The predicted octanol–water partition coefficient (Wildman–Crippen LogP) is 4.14. The number of nitrogens with zero attached hydrogens (tertiary/aromatic N) is 3. The van der Waals surface area contributed by atoms with E-state index in [0.29, 0.717) is 5.56 Å². The molecule has 0 fully saturated rings. The first-order valence-electron chi connectivity index (χ1n) is 7.39. The van der Waals surface area contributed by atoms with Gasteiger partial charge in [0.1, 0.15) is 11.9 Å². The second-order valence-corrected chi connectivity index (χ2v) is 6.32. The Kier molecular flexibility index (Phi) is 3.40. The molecule has 0 spiro atoms. The Labute approximate surface area is 142 Å². The minimum Gasteiger partial charge on any atom is -0.369 e. The average Bonchev–Trinajstić information content (AvgIpc) is 3.17. The van der Waals surface area contributed by atoms with E-state index in [9.17, 15) is 5.26 Å². The fourth-order valence-corrected chi connectivity index (χ4v) is 3.37. The van der Waals surface area contributed by atoms with Crippen molar-refractivity contribution in [2.24, 2.45) is 0 Å². The third kappa shape index (κ3) is 2.32. The summed E-state index contributed by atoms with van der Waals surface area (Å²) in [5.41, 5.74) is 4.68. The summed E-state index contributed by atoms with van der Waals surface area (Å²) in [4.78, 5) is 0. The molecule has 0 saturated heterocycles. The molecule has 112 valence electrons. The first-order valence-corrected chi connectivity index (χ1v) is 8.18. The summed E-state index contributed by atoms with van der Waals surface area (Å²) in [7, 11) is 0. The fourth-order valence-electron chi connectivity index (χ4n) is 2.97. The third-order valence-electron chi connectivity index (χ3n) is 4.00. The fraction of sp³-hybridized carbons (Fsp3) is 0.111. The van der Waals surface area contributed by atoms with Crippen LogP contribution in [-0.4, -0.2) is 16.3 Å². The van der Waals surface area contributed by atoms with Crippen LogP contribution >= 0.6 is 15.9 Å². The number of fused-ring (bicyclic) bond motifs is 1. The number of hydrogen-bond donors (Lipinski definition) is 1. The number of benzene rings is 2. The summed E-state index contributed by atoms with van der Waals surface area (Å²) in [6.45, 7) is 0.892. The quantitative estimate of drug-likeness (QED) is 0.743. The van der Waals surface area contributed by atoms with Gasteiger partial charge in [0.25, 0.3) is 0 Å². The number of halogens is 1. The Morgan fingerprint density at radius 1 is 1.17 bits per heavy atom. The zero-order chi connectivity index (χ0) is 15.8. The van der Waals surface area contributed by atoms with Gasteiger partial charge in [0.2, 0.25) is 0 Å². The molecular formula is C18H13BrN4. The standard InChI is InChI=1S/C18H13BrN4/c19-14-6-3-5-12(10-14)17-15-8-9-21-18(15)23(22-17)16-7-2-1-4-13(16)11-20/h1-7,10,21H,8-9H2. The third-order valence-corrected chi connectivity index (χ3v) is 4.49. The van der Waals surface area contributed by atoms with Crippen LogP contribution in [0.5, 0.6) is 0 Å². The first kappa shape index (κ1) is 14.0. The Bertz CT molecular complexity index is 936. The molecule has 4 nitrogen and oxygen atoms in total. The van der Waals surface area contributed by atoms with Gasteiger partial charge in [-0.15, -0.1) is 0 Å². The molecule has 0 radical (unpaired) electrons. The maximum Gasteiger partial charge on any atom is 0.133 e. The maximum absolute atomic E-state index is 9.37.